The van der Waals surface area contributed by atoms with Gasteiger partial charge >= 0.3 is 12.4 Å². The highest BCUT2D eigenvalue weighted by atomic mass is 19.4. The molecule has 0 amide bonds. The Morgan fingerprint density at radius 1 is 0.417 bits per heavy atom. The lowest BCUT2D eigenvalue weighted by Gasteiger charge is -2.44. The van der Waals surface area contributed by atoms with Crippen LogP contribution in [0.4, 0.5) is 26.3 Å². The normalized spacial score (nSPS) is 20.2. The number of hydrogen-bond donors (Lipinski definition) is 0. The minimum absolute atomic E-state index is 0.00420. The number of rotatable bonds is 3. The predicted octanol–water partition coefficient (Wildman–Crippen LogP) is 18.8. The molecular weight excluding hydrogens is 1060 g/mol. The molecule has 3 aliphatic rings. The van der Waals surface area contributed by atoms with Gasteiger partial charge < -0.3 is 0 Å². The Morgan fingerprint density at radius 3 is 1.31 bits per heavy atom. The maximum Gasteiger partial charge on any atom is 0.399 e. The zero-order valence-electron chi connectivity index (χ0n) is 53.1. The third kappa shape index (κ3) is 9.09. The number of pyridine rings is 3. The Morgan fingerprint density at radius 2 is 0.833 bits per heavy atom. The van der Waals surface area contributed by atoms with Gasteiger partial charge in [0.1, 0.15) is 21.1 Å². The van der Waals surface area contributed by atoms with Crippen LogP contribution in [-0.4, -0.2) is 12.4 Å². The van der Waals surface area contributed by atoms with Gasteiger partial charge in [-0.3, -0.25) is 0 Å². The Hall–Kier alpha value is -6.87. The topological polar surface area (TPSA) is 11.6 Å². The molecule has 438 valence electrons. The van der Waals surface area contributed by atoms with Crippen LogP contribution in [0.25, 0.3) is 66.5 Å². The van der Waals surface area contributed by atoms with Gasteiger partial charge in [0.25, 0.3) is 0 Å². The molecule has 0 fully saturated rings. The van der Waals surface area contributed by atoms with Crippen LogP contribution in [0.3, 0.4) is 0 Å². The average molecular weight is 1140 g/mol. The highest BCUT2D eigenvalue weighted by molar-refractivity contribution is 5.92. The van der Waals surface area contributed by atoms with E-state index in [2.05, 4.69) is 159 Å². The summed E-state index contributed by atoms with van der Waals surface area (Å²) >= 11 is 0. The second-order valence-electron chi connectivity index (χ2n) is 27.1. The van der Waals surface area contributed by atoms with Crippen molar-refractivity contribution >= 4 is 32.7 Å². The molecule has 0 bridgehead atoms. The van der Waals surface area contributed by atoms with E-state index in [0.717, 1.165) is 72.1 Å². The Bertz CT molecular complexity index is 4210. The SMILES string of the molecule is Cc1cc(C)c(C)c(-c2cc3c4c(cccc4[n+]2C)C(C)(C(F)(F)F)C3(C)C)c1.Cc1cc(C)c(C)c(-c2cc3c4c(cccc4[n+]2C)C(C)C3C)c1.Cc1cc(C)c(C)c(-c2cc3c4c(cccc4[n+]2C)CC(C)(C(F)(F)F)C(C)(C)C3)c1. The van der Waals surface area contributed by atoms with Crippen LogP contribution in [0.1, 0.15) is 151 Å². The van der Waals surface area contributed by atoms with Gasteiger partial charge in [0.2, 0.25) is 33.6 Å². The van der Waals surface area contributed by atoms with Crippen molar-refractivity contribution in [1.29, 1.82) is 0 Å². The lowest BCUT2D eigenvalue weighted by atomic mass is 9.62. The number of benzene rings is 6. The minimum atomic E-state index is -4.35. The third-order valence-corrected chi connectivity index (χ3v) is 21.5. The first-order chi connectivity index (χ1) is 39.0. The third-order valence-electron chi connectivity index (χ3n) is 21.5. The van der Waals surface area contributed by atoms with E-state index in [-0.39, 0.29) is 6.42 Å². The molecule has 3 heterocycles. The van der Waals surface area contributed by atoms with Crippen molar-refractivity contribution in [2.45, 2.75) is 166 Å². The standard InChI is InChI=1S/C27H31F3N.C25H27F3N.C23H26N/c1-16-11-17(2)18(3)21(12-16)23-13-20-14-25(4,5)26(6,27(28,29)30)15-19-9-8-10-22(24(19)20)31(23)7;1-14-11-15(2)16(3)17(12-14)21-13-19-22-18(9-8-10-20(22)29(21)7)24(6,23(19,4)5)25(26,27)28;1-13-10-14(2)15(3)19(11-13)22-12-20-17(5)16(4)18-8-7-9-21(23(18)20)24(22)6/h8-13H,14-15H2,1-7H3;8-13H,1-7H3;7-12,16-17H,1-6H3/q3*+1. The first-order valence-corrected chi connectivity index (χ1v) is 29.7. The maximum atomic E-state index is 14.4. The van der Waals surface area contributed by atoms with Gasteiger partial charge in [-0.05, 0) is 184 Å². The lowest BCUT2D eigenvalue weighted by Crippen LogP contribution is -2.50. The van der Waals surface area contributed by atoms with Crippen LogP contribution in [0, 0.1) is 73.1 Å². The van der Waals surface area contributed by atoms with Crippen molar-refractivity contribution < 1.29 is 40.0 Å². The molecule has 0 aliphatic heterocycles. The molecule has 9 heteroatoms. The molecule has 3 nitrogen and oxygen atoms in total. The van der Waals surface area contributed by atoms with Gasteiger partial charge in [0.15, 0.2) is 0 Å². The molecule has 3 aliphatic carbocycles. The number of hydrogen-bond acceptors (Lipinski definition) is 0. The van der Waals surface area contributed by atoms with Crippen LogP contribution < -0.4 is 13.7 Å². The van der Waals surface area contributed by atoms with Gasteiger partial charge in [0, 0.05) is 58.5 Å². The fraction of sp³-hybridized carbons (Fsp3) is 0.400. The summed E-state index contributed by atoms with van der Waals surface area (Å²) in [6.07, 6.45) is -8.25. The van der Waals surface area contributed by atoms with Gasteiger partial charge in [-0.1, -0.05) is 120 Å². The molecule has 4 unspecified atom stereocenters. The van der Waals surface area contributed by atoms with Crippen LogP contribution in [0.5, 0.6) is 0 Å². The van der Waals surface area contributed by atoms with Gasteiger partial charge in [-0.2, -0.15) is 40.0 Å². The molecule has 4 atom stereocenters. The Labute approximate surface area is 494 Å². The number of aryl methyl sites for hydroxylation is 9. The van der Waals surface area contributed by atoms with Crippen molar-refractivity contribution in [2.24, 2.45) is 32.0 Å². The van der Waals surface area contributed by atoms with Gasteiger partial charge in [-0.15, -0.1) is 0 Å². The largest absolute Gasteiger partial charge is 0.399 e. The monoisotopic (exact) mass is 1140 g/mol. The maximum absolute atomic E-state index is 14.4. The summed E-state index contributed by atoms with van der Waals surface area (Å²) in [5.41, 5.74) is 21.5. The van der Waals surface area contributed by atoms with E-state index in [9.17, 15) is 26.3 Å². The van der Waals surface area contributed by atoms with E-state index < -0.39 is 34.0 Å². The van der Waals surface area contributed by atoms with E-state index >= 15 is 0 Å². The molecule has 3 aromatic heterocycles. The second-order valence-corrected chi connectivity index (χ2v) is 27.1. The first-order valence-electron chi connectivity index (χ1n) is 29.7. The minimum Gasteiger partial charge on any atom is -0.194 e. The molecule has 0 spiro atoms. The highest BCUT2D eigenvalue weighted by Gasteiger charge is 2.66. The number of alkyl halides is 6. The fourth-order valence-corrected chi connectivity index (χ4v) is 14.9. The second kappa shape index (κ2) is 20.4. The summed E-state index contributed by atoms with van der Waals surface area (Å²) in [6.45, 7) is 33.7. The number of halogens is 6. The highest BCUT2D eigenvalue weighted by Crippen LogP contribution is 2.61. The lowest BCUT2D eigenvalue weighted by molar-refractivity contribution is -0.633. The van der Waals surface area contributed by atoms with E-state index in [0.29, 0.717) is 23.8 Å². The zero-order chi connectivity index (χ0) is 61.6. The average Bonchev–Trinajstić information content (AvgIpc) is 1.55. The summed E-state index contributed by atoms with van der Waals surface area (Å²) in [5.74, 6) is 1.18. The van der Waals surface area contributed by atoms with Gasteiger partial charge in [-0.25, -0.2) is 0 Å². The van der Waals surface area contributed by atoms with Crippen LogP contribution in [-0.2, 0) is 44.8 Å². The molecule has 6 aromatic carbocycles. The summed E-state index contributed by atoms with van der Waals surface area (Å²) in [4.78, 5) is 0. The summed E-state index contributed by atoms with van der Waals surface area (Å²) in [5, 5.41) is 3.20. The number of aromatic nitrogens is 3. The van der Waals surface area contributed by atoms with E-state index in [4.69, 9.17) is 0 Å². The molecule has 0 saturated carbocycles. The molecule has 84 heavy (non-hydrogen) atoms. The molecule has 0 radical (unpaired) electrons. The van der Waals surface area contributed by atoms with E-state index in [1.807, 2.05) is 49.0 Å². The quantitative estimate of drug-likeness (QED) is 0.123. The predicted molar refractivity (Wildman–Crippen MR) is 333 cm³/mol. The van der Waals surface area contributed by atoms with Gasteiger partial charge in [0.05, 0.1) is 27.0 Å². The van der Waals surface area contributed by atoms with Crippen molar-refractivity contribution in [2.75, 3.05) is 0 Å². The van der Waals surface area contributed by atoms with Crippen LogP contribution in [0.15, 0.2) is 109 Å². The summed E-state index contributed by atoms with van der Waals surface area (Å²) in [7, 11) is 6.18. The molecular formula is C75H84F6N3+3. The number of nitrogens with zero attached hydrogens (tertiary/aromatic N) is 3. The van der Waals surface area contributed by atoms with Crippen molar-refractivity contribution in [3.05, 3.63) is 193 Å². The van der Waals surface area contributed by atoms with E-state index in [1.165, 1.54) is 86.1 Å². The Balaban J connectivity index is 0.000000141. The molecule has 12 rings (SSSR count). The molecule has 0 N–H and O–H groups in total. The Kier molecular flexibility index (Phi) is 14.6. The smallest absolute Gasteiger partial charge is 0.194 e. The van der Waals surface area contributed by atoms with E-state index in [1.54, 1.807) is 39.8 Å². The van der Waals surface area contributed by atoms with Crippen LogP contribution in [0.2, 0.25) is 0 Å². The van der Waals surface area contributed by atoms with Crippen molar-refractivity contribution in [3.63, 3.8) is 0 Å². The van der Waals surface area contributed by atoms with Crippen LogP contribution >= 0.6 is 0 Å². The molecule has 9 aromatic rings. The first kappa shape index (κ1) is 60.3. The fourth-order valence-electron chi connectivity index (χ4n) is 14.9. The van der Waals surface area contributed by atoms with Crippen molar-refractivity contribution in [3.8, 4) is 33.8 Å². The van der Waals surface area contributed by atoms with Crippen molar-refractivity contribution in [1.82, 2.24) is 0 Å². The molecule has 0 saturated heterocycles. The summed E-state index contributed by atoms with van der Waals surface area (Å²) < 4.78 is 92.9. The zero-order valence-corrected chi connectivity index (χ0v) is 53.1. The summed E-state index contributed by atoms with van der Waals surface area (Å²) in [6, 6.07) is 37.8.